The lowest BCUT2D eigenvalue weighted by molar-refractivity contribution is -0.128. The van der Waals surface area contributed by atoms with Gasteiger partial charge in [0.25, 0.3) is 0 Å². The fourth-order valence-electron chi connectivity index (χ4n) is 4.89. The number of amides is 1. The topological polar surface area (TPSA) is 59.4 Å². The molecule has 0 radical (unpaired) electrons. The van der Waals surface area contributed by atoms with Crippen LogP contribution in [0.5, 0.6) is 5.75 Å². The Morgan fingerprint density at radius 2 is 2.03 bits per heavy atom. The van der Waals surface area contributed by atoms with Crippen LogP contribution in [0.25, 0.3) is 0 Å². The number of ether oxygens (including phenoxy) is 1. The molecule has 0 fully saturated rings. The second-order valence-corrected chi connectivity index (χ2v) is 8.76. The third-order valence-electron chi connectivity index (χ3n) is 6.52. The number of carbonyl (C=O) groups excluding carboxylic acids is 1. The molecule has 34 heavy (non-hydrogen) atoms. The van der Waals surface area contributed by atoms with Gasteiger partial charge >= 0.3 is 0 Å². The van der Waals surface area contributed by atoms with Gasteiger partial charge in [-0.05, 0) is 36.1 Å². The maximum atomic E-state index is 14.3. The first-order valence-electron chi connectivity index (χ1n) is 11.6. The van der Waals surface area contributed by atoms with Gasteiger partial charge in [-0.2, -0.15) is 0 Å². The molecule has 1 aliphatic rings. The smallest absolute Gasteiger partial charge is 0.241 e. The summed E-state index contributed by atoms with van der Waals surface area (Å²) in [5, 5.41) is 3.30. The molecule has 180 valence electrons. The average molecular weight is 485 g/mol. The summed E-state index contributed by atoms with van der Waals surface area (Å²) in [6.45, 7) is 3.43. The third-order valence-corrected chi connectivity index (χ3v) is 6.80. The monoisotopic (exact) mass is 484 g/mol. The summed E-state index contributed by atoms with van der Waals surface area (Å²) in [5.74, 6) is 0.702. The molecule has 2 atom stereocenters. The number of benzene rings is 2. The number of halogens is 2. The van der Waals surface area contributed by atoms with Crippen LogP contribution >= 0.6 is 11.6 Å². The van der Waals surface area contributed by atoms with E-state index in [1.165, 1.54) is 13.2 Å². The predicted molar refractivity (Wildman–Crippen MR) is 131 cm³/mol. The molecule has 6 nitrogen and oxygen atoms in total. The van der Waals surface area contributed by atoms with Crippen molar-refractivity contribution in [1.82, 2.24) is 19.8 Å². The van der Waals surface area contributed by atoms with E-state index < -0.39 is 6.04 Å². The Kier molecular flexibility index (Phi) is 7.54. The Balaban J connectivity index is 1.73. The van der Waals surface area contributed by atoms with Crippen LogP contribution in [-0.4, -0.2) is 41.1 Å². The number of likely N-dealkylation sites (N-methyl/N-ethyl adjacent to an activating group) is 1. The quantitative estimate of drug-likeness (QED) is 0.502. The number of aromatic nitrogens is 2. The van der Waals surface area contributed by atoms with Crippen LogP contribution in [0.1, 0.15) is 48.1 Å². The van der Waals surface area contributed by atoms with Gasteiger partial charge in [0.05, 0.1) is 18.8 Å². The standard InChI is InChI=1S/C26H30ClFN4O2/c1-4-22-30-25(27)24-20(12-10-17-11-13-21(34-3)19(28)16-17)31(14-15-32(22)24)23(26(33)29-2)18-8-6-5-7-9-18/h5-9,11,13,16,20,23H,4,10,12,14-15H2,1-3H3,(H,29,33)/t20-,23+/m0/s1. The SMILES string of the molecule is CCc1nc(Cl)c2n1CCN([C@@H](C(=O)NC)c1ccccc1)[C@H]2CCc1ccc(OC)c(F)c1. The van der Waals surface area contributed by atoms with Crippen LogP contribution in [0.4, 0.5) is 4.39 Å². The molecule has 0 saturated heterocycles. The van der Waals surface area contributed by atoms with E-state index in [1.54, 1.807) is 13.1 Å². The first-order chi connectivity index (χ1) is 16.5. The molecule has 2 aromatic carbocycles. The molecule has 1 aliphatic heterocycles. The molecule has 0 spiro atoms. The normalized spacial score (nSPS) is 16.7. The summed E-state index contributed by atoms with van der Waals surface area (Å²) in [4.78, 5) is 19.9. The Hall–Kier alpha value is -2.90. The van der Waals surface area contributed by atoms with Gasteiger partial charge in [-0.1, -0.05) is 54.9 Å². The molecule has 4 rings (SSSR count). The van der Waals surface area contributed by atoms with Gasteiger partial charge in [0, 0.05) is 26.6 Å². The summed E-state index contributed by atoms with van der Waals surface area (Å²) in [6, 6.07) is 14.2. The second-order valence-electron chi connectivity index (χ2n) is 8.40. The fourth-order valence-corrected chi connectivity index (χ4v) is 5.22. The fraction of sp³-hybridized carbons (Fsp3) is 0.385. The van der Waals surface area contributed by atoms with E-state index in [9.17, 15) is 9.18 Å². The molecule has 8 heteroatoms. The summed E-state index contributed by atoms with van der Waals surface area (Å²) in [7, 11) is 3.11. The van der Waals surface area contributed by atoms with Crippen LogP contribution in [0.15, 0.2) is 48.5 Å². The first kappa shape index (κ1) is 24.2. The van der Waals surface area contributed by atoms with Gasteiger partial charge in [0.2, 0.25) is 5.91 Å². The van der Waals surface area contributed by atoms with Gasteiger partial charge in [-0.25, -0.2) is 9.37 Å². The van der Waals surface area contributed by atoms with E-state index in [0.717, 1.165) is 29.1 Å². The molecule has 0 unspecified atom stereocenters. The minimum absolute atomic E-state index is 0.0773. The molecule has 2 heterocycles. The van der Waals surface area contributed by atoms with Crippen molar-refractivity contribution in [2.75, 3.05) is 20.7 Å². The molecule has 1 aromatic heterocycles. The zero-order chi connectivity index (χ0) is 24.2. The van der Waals surface area contributed by atoms with Crippen LogP contribution in [-0.2, 0) is 24.2 Å². The summed E-state index contributed by atoms with van der Waals surface area (Å²) in [5.41, 5.74) is 2.70. The highest BCUT2D eigenvalue weighted by molar-refractivity contribution is 6.30. The molecule has 1 amide bonds. The highest BCUT2D eigenvalue weighted by atomic mass is 35.5. The van der Waals surface area contributed by atoms with E-state index >= 15 is 0 Å². The van der Waals surface area contributed by atoms with Crippen molar-refractivity contribution >= 4 is 17.5 Å². The molecule has 3 aromatic rings. The number of fused-ring (bicyclic) bond motifs is 1. The number of methoxy groups -OCH3 is 1. The van der Waals surface area contributed by atoms with E-state index in [-0.39, 0.29) is 23.5 Å². The Bertz CT molecular complexity index is 1150. The number of nitrogens with zero attached hydrogens (tertiary/aromatic N) is 3. The summed E-state index contributed by atoms with van der Waals surface area (Å²) < 4.78 is 21.6. The van der Waals surface area contributed by atoms with E-state index in [4.69, 9.17) is 16.3 Å². The van der Waals surface area contributed by atoms with Crippen molar-refractivity contribution in [2.45, 2.75) is 44.8 Å². The average Bonchev–Trinajstić information content (AvgIpc) is 3.19. The molecule has 0 aliphatic carbocycles. The molecule has 0 bridgehead atoms. The van der Waals surface area contributed by atoms with Crippen LogP contribution in [0.3, 0.4) is 0 Å². The lowest BCUT2D eigenvalue weighted by atomic mass is 9.95. The van der Waals surface area contributed by atoms with Crippen molar-refractivity contribution in [2.24, 2.45) is 0 Å². The number of rotatable bonds is 8. The second kappa shape index (κ2) is 10.6. The number of imidazole rings is 1. The van der Waals surface area contributed by atoms with Crippen LogP contribution < -0.4 is 10.1 Å². The van der Waals surface area contributed by atoms with Crippen molar-refractivity contribution in [3.8, 4) is 5.75 Å². The molecule has 0 saturated carbocycles. The van der Waals surface area contributed by atoms with E-state index in [1.807, 2.05) is 36.4 Å². The number of aryl methyl sites for hydroxylation is 2. The Labute approximate surface area is 204 Å². The van der Waals surface area contributed by atoms with Gasteiger partial charge in [0.1, 0.15) is 11.9 Å². The highest BCUT2D eigenvalue weighted by Gasteiger charge is 2.39. The zero-order valence-electron chi connectivity index (χ0n) is 19.7. The Morgan fingerprint density at radius 3 is 2.68 bits per heavy atom. The maximum Gasteiger partial charge on any atom is 0.241 e. The third kappa shape index (κ3) is 4.68. The largest absolute Gasteiger partial charge is 0.494 e. The molecule has 1 N–H and O–H groups in total. The minimum atomic E-state index is -0.478. The zero-order valence-corrected chi connectivity index (χ0v) is 20.5. The predicted octanol–water partition coefficient (Wildman–Crippen LogP) is 4.72. The number of nitrogens with one attached hydrogen (secondary N) is 1. The molecular weight excluding hydrogens is 455 g/mol. The van der Waals surface area contributed by atoms with Gasteiger partial charge in [0.15, 0.2) is 16.7 Å². The summed E-state index contributed by atoms with van der Waals surface area (Å²) in [6.07, 6.45) is 2.04. The number of carbonyl (C=O) groups is 1. The lowest BCUT2D eigenvalue weighted by Gasteiger charge is -2.41. The minimum Gasteiger partial charge on any atom is -0.494 e. The van der Waals surface area contributed by atoms with E-state index in [2.05, 4.69) is 26.7 Å². The van der Waals surface area contributed by atoms with Crippen molar-refractivity contribution in [3.63, 3.8) is 0 Å². The number of hydrogen-bond acceptors (Lipinski definition) is 4. The van der Waals surface area contributed by atoms with Crippen LogP contribution in [0.2, 0.25) is 5.15 Å². The maximum absolute atomic E-state index is 14.3. The Morgan fingerprint density at radius 1 is 1.26 bits per heavy atom. The van der Waals surface area contributed by atoms with Crippen molar-refractivity contribution < 1.29 is 13.9 Å². The number of hydrogen-bond donors (Lipinski definition) is 1. The first-order valence-corrected chi connectivity index (χ1v) is 12.0. The van der Waals surface area contributed by atoms with E-state index in [0.29, 0.717) is 31.1 Å². The van der Waals surface area contributed by atoms with Crippen molar-refractivity contribution in [3.05, 3.63) is 82.1 Å². The van der Waals surface area contributed by atoms with Crippen molar-refractivity contribution in [1.29, 1.82) is 0 Å². The van der Waals surface area contributed by atoms with Gasteiger partial charge < -0.3 is 14.6 Å². The lowest BCUT2D eigenvalue weighted by Crippen LogP contribution is -2.46. The van der Waals surface area contributed by atoms with Gasteiger partial charge in [-0.15, -0.1) is 0 Å². The van der Waals surface area contributed by atoms with Crippen LogP contribution in [0, 0.1) is 5.82 Å². The molecular formula is C26H30ClFN4O2. The highest BCUT2D eigenvalue weighted by Crippen LogP contribution is 2.40. The van der Waals surface area contributed by atoms with Gasteiger partial charge in [-0.3, -0.25) is 9.69 Å². The summed E-state index contributed by atoms with van der Waals surface area (Å²) >= 11 is 6.68.